The van der Waals surface area contributed by atoms with Crippen LogP contribution in [0.1, 0.15) is 34.1 Å². The molecular weight excluding hydrogens is 222 g/mol. The Morgan fingerprint density at radius 3 is 2.69 bits per heavy atom. The van der Waals surface area contributed by atoms with E-state index in [1.165, 1.54) is 0 Å². The molecule has 5 heteroatoms. The van der Waals surface area contributed by atoms with Gasteiger partial charge >= 0.3 is 0 Å². The van der Waals surface area contributed by atoms with Crippen LogP contribution in [-0.4, -0.2) is 28.4 Å². The van der Waals surface area contributed by atoms with E-state index in [9.17, 15) is 4.79 Å². The van der Waals surface area contributed by atoms with E-state index in [0.717, 1.165) is 17.3 Å². The van der Waals surface area contributed by atoms with E-state index >= 15 is 0 Å². The van der Waals surface area contributed by atoms with Crippen LogP contribution in [0.25, 0.3) is 0 Å². The Balaban J connectivity index is 2.74. The lowest BCUT2D eigenvalue weighted by molar-refractivity contribution is -0.120. The SMILES string of the molecule is CCC1(C)CSC(=NC(C(N)=O)C(C)C)N1. The van der Waals surface area contributed by atoms with E-state index in [-0.39, 0.29) is 17.4 Å². The van der Waals surface area contributed by atoms with Gasteiger partial charge < -0.3 is 11.1 Å². The van der Waals surface area contributed by atoms with E-state index in [1.807, 2.05) is 13.8 Å². The van der Waals surface area contributed by atoms with Gasteiger partial charge in [-0.3, -0.25) is 4.79 Å². The third kappa shape index (κ3) is 3.14. The summed E-state index contributed by atoms with van der Waals surface area (Å²) in [5.74, 6) is 0.780. The Kier molecular flexibility index (Phi) is 4.24. The van der Waals surface area contributed by atoms with Crippen molar-refractivity contribution >= 4 is 22.8 Å². The van der Waals surface area contributed by atoms with Crippen LogP contribution in [0, 0.1) is 5.92 Å². The average Bonchev–Trinajstić information content (AvgIpc) is 2.57. The van der Waals surface area contributed by atoms with Crippen molar-refractivity contribution in [2.75, 3.05) is 5.75 Å². The molecule has 0 aliphatic carbocycles. The molecule has 16 heavy (non-hydrogen) atoms. The van der Waals surface area contributed by atoms with Crippen LogP contribution < -0.4 is 11.1 Å². The summed E-state index contributed by atoms with van der Waals surface area (Å²) < 4.78 is 0. The number of rotatable bonds is 4. The lowest BCUT2D eigenvalue weighted by Crippen LogP contribution is -2.41. The molecular formula is C11H21N3OS. The zero-order chi connectivity index (χ0) is 12.3. The van der Waals surface area contributed by atoms with Crippen LogP contribution in [0.5, 0.6) is 0 Å². The van der Waals surface area contributed by atoms with Crippen molar-refractivity contribution in [1.82, 2.24) is 5.32 Å². The third-order valence-corrected chi connectivity index (χ3v) is 4.16. The fourth-order valence-corrected chi connectivity index (χ4v) is 2.72. The van der Waals surface area contributed by atoms with Crippen LogP contribution in [0.2, 0.25) is 0 Å². The molecule has 0 bridgehead atoms. The van der Waals surface area contributed by atoms with Crippen molar-refractivity contribution in [2.45, 2.75) is 45.7 Å². The fraction of sp³-hybridized carbons (Fsp3) is 0.818. The quantitative estimate of drug-likeness (QED) is 0.783. The zero-order valence-corrected chi connectivity index (χ0v) is 11.2. The smallest absolute Gasteiger partial charge is 0.242 e. The lowest BCUT2D eigenvalue weighted by Gasteiger charge is -2.21. The minimum Gasteiger partial charge on any atom is -0.368 e. The molecule has 1 aliphatic heterocycles. The van der Waals surface area contributed by atoms with Crippen LogP contribution >= 0.6 is 11.8 Å². The summed E-state index contributed by atoms with van der Waals surface area (Å²) >= 11 is 1.67. The number of amides is 1. The van der Waals surface area contributed by atoms with Crippen LogP contribution in [0.15, 0.2) is 4.99 Å². The first kappa shape index (κ1) is 13.4. The number of hydrogen-bond donors (Lipinski definition) is 2. The van der Waals surface area contributed by atoms with Crippen LogP contribution in [-0.2, 0) is 4.79 Å². The van der Waals surface area contributed by atoms with Crippen molar-refractivity contribution in [2.24, 2.45) is 16.6 Å². The molecule has 0 saturated carbocycles. The normalized spacial score (nSPS) is 29.4. The highest BCUT2D eigenvalue weighted by Gasteiger charge is 2.32. The Labute approximate surface area is 101 Å². The lowest BCUT2D eigenvalue weighted by atomic mass is 10.0. The molecule has 1 fully saturated rings. The predicted molar refractivity (Wildman–Crippen MR) is 69.5 cm³/mol. The molecule has 0 aromatic heterocycles. The summed E-state index contributed by atoms with van der Waals surface area (Å²) in [6, 6.07) is -0.422. The van der Waals surface area contributed by atoms with E-state index in [1.54, 1.807) is 11.8 Å². The first-order chi connectivity index (χ1) is 7.38. The summed E-state index contributed by atoms with van der Waals surface area (Å²) in [6.45, 7) is 8.22. The van der Waals surface area contributed by atoms with Gasteiger partial charge in [-0.1, -0.05) is 32.5 Å². The van der Waals surface area contributed by atoms with E-state index in [0.29, 0.717) is 0 Å². The molecule has 92 valence electrons. The second-order valence-electron chi connectivity index (χ2n) is 4.85. The average molecular weight is 243 g/mol. The van der Waals surface area contributed by atoms with E-state index in [4.69, 9.17) is 5.73 Å². The molecule has 2 atom stereocenters. The van der Waals surface area contributed by atoms with Gasteiger partial charge in [0.1, 0.15) is 6.04 Å². The molecule has 0 aromatic rings. The number of amidine groups is 1. The number of carbonyl (C=O) groups excluding carboxylic acids is 1. The van der Waals surface area contributed by atoms with E-state index < -0.39 is 6.04 Å². The molecule has 1 amide bonds. The Hall–Kier alpha value is -0.710. The Morgan fingerprint density at radius 2 is 2.31 bits per heavy atom. The number of thioether (sulfide) groups is 1. The van der Waals surface area contributed by atoms with Crippen LogP contribution in [0.3, 0.4) is 0 Å². The van der Waals surface area contributed by atoms with Crippen molar-refractivity contribution in [3.8, 4) is 0 Å². The maximum atomic E-state index is 11.2. The monoisotopic (exact) mass is 243 g/mol. The second-order valence-corrected chi connectivity index (χ2v) is 5.82. The summed E-state index contributed by atoms with van der Waals surface area (Å²) in [7, 11) is 0. The van der Waals surface area contributed by atoms with E-state index in [2.05, 4.69) is 24.2 Å². The standard InChI is InChI=1S/C11H21N3OS/c1-5-11(4)6-16-10(14-11)13-8(7(2)3)9(12)15/h7-8H,5-6H2,1-4H3,(H2,12,15)(H,13,14). The molecule has 1 rings (SSSR count). The second kappa shape index (κ2) is 5.08. The van der Waals surface area contributed by atoms with Crippen molar-refractivity contribution in [1.29, 1.82) is 0 Å². The molecule has 0 spiro atoms. The van der Waals surface area contributed by atoms with Crippen molar-refractivity contribution < 1.29 is 4.79 Å². The molecule has 0 radical (unpaired) electrons. The first-order valence-corrected chi connectivity index (χ1v) is 6.64. The summed E-state index contributed by atoms with van der Waals surface area (Å²) in [6.07, 6.45) is 1.04. The van der Waals surface area contributed by atoms with Crippen LogP contribution in [0.4, 0.5) is 0 Å². The molecule has 3 N–H and O–H groups in total. The molecule has 0 aromatic carbocycles. The zero-order valence-electron chi connectivity index (χ0n) is 10.4. The van der Waals surface area contributed by atoms with Gasteiger partial charge in [0.15, 0.2) is 5.17 Å². The molecule has 2 unspecified atom stereocenters. The number of nitrogens with zero attached hydrogens (tertiary/aromatic N) is 1. The van der Waals surface area contributed by atoms with Crippen molar-refractivity contribution in [3.05, 3.63) is 0 Å². The van der Waals surface area contributed by atoms with Crippen molar-refractivity contribution in [3.63, 3.8) is 0 Å². The van der Waals surface area contributed by atoms with Gasteiger partial charge in [-0.25, -0.2) is 4.99 Å². The summed E-state index contributed by atoms with van der Waals surface area (Å²) in [4.78, 5) is 15.6. The minimum absolute atomic E-state index is 0.0999. The Morgan fingerprint density at radius 1 is 1.69 bits per heavy atom. The van der Waals surface area contributed by atoms with Gasteiger partial charge in [0.05, 0.1) is 0 Å². The maximum absolute atomic E-state index is 11.2. The first-order valence-electron chi connectivity index (χ1n) is 5.66. The van der Waals surface area contributed by atoms with Gasteiger partial charge in [-0.2, -0.15) is 0 Å². The fourth-order valence-electron chi connectivity index (χ4n) is 1.49. The Bertz CT molecular complexity index is 304. The number of hydrogen-bond acceptors (Lipinski definition) is 3. The third-order valence-electron chi connectivity index (χ3n) is 2.90. The topological polar surface area (TPSA) is 67.5 Å². The van der Waals surface area contributed by atoms with Gasteiger partial charge in [0.25, 0.3) is 0 Å². The summed E-state index contributed by atoms with van der Waals surface area (Å²) in [5.41, 5.74) is 5.43. The summed E-state index contributed by atoms with van der Waals surface area (Å²) in [5, 5.41) is 4.21. The van der Waals surface area contributed by atoms with Gasteiger partial charge in [-0.05, 0) is 19.3 Å². The number of nitrogens with one attached hydrogen (secondary N) is 1. The van der Waals surface area contributed by atoms with Gasteiger partial charge in [0, 0.05) is 11.3 Å². The molecule has 1 aliphatic rings. The molecule has 1 saturated heterocycles. The largest absolute Gasteiger partial charge is 0.368 e. The highest BCUT2D eigenvalue weighted by molar-refractivity contribution is 8.14. The minimum atomic E-state index is -0.422. The highest BCUT2D eigenvalue weighted by atomic mass is 32.2. The van der Waals surface area contributed by atoms with Gasteiger partial charge in [-0.15, -0.1) is 0 Å². The van der Waals surface area contributed by atoms with Gasteiger partial charge in [0.2, 0.25) is 5.91 Å². The number of primary amides is 1. The number of carbonyl (C=O) groups is 1. The molecule has 1 heterocycles. The predicted octanol–water partition coefficient (Wildman–Crippen LogP) is 1.36. The maximum Gasteiger partial charge on any atom is 0.242 e. The molecule has 4 nitrogen and oxygen atoms in total. The number of aliphatic imine (C=N–C) groups is 1. The highest BCUT2D eigenvalue weighted by Crippen LogP contribution is 2.26. The number of nitrogens with two attached hydrogens (primary N) is 1.